The van der Waals surface area contributed by atoms with E-state index in [0.29, 0.717) is 6.07 Å². The fraction of sp³-hybridized carbons (Fsp3) is 0.100. The second-order valence-corrected chi connectivity index (χ2v) is 3.50. The molecule has 1 heterocycles. The Kier molecular flexibility index (Phi) is 2.27. The molecule has 1 aromatic carbocycles. The average Bonchev–Trinajstić information content (AvgIpc) is 2.18. The summed E-state index contributed by atoms with van der Waals surface area (Å²) < 4.78 is 38.0. The lowest BCUT2D eigenvalue weighted by molar-refractivity contribution is -0.136. The van der Waals surface area contributed by atoms with Crippen LogP contribution in [0.2, 0.25) is 0 Å². The largest absolute Gasteiger partial charge is 0.506 e. The Bertz CT molecular complexity index is 646. The van der Waals surface area contributed by atoms with Gasteiger partial charge in [-0.1, -0.05) is 0 Å². The second kappa shape index (κ2) is 3.41. The Hall–Kier alpha value is -2.18. The maximum atomic E-state index is 12.7. The minimum absolute atomic E-state index is 0.114. The number of nitrogen functional groups attached to an aromatic ring is 1. The van der Waals surface area contributed by atoms with E-state index in [1.807, 2.05) is 0 Å². The zero-order valence-corrected chi connectivity index (χ0v) is 8.30. The number of phenolic OH excluding ortho intramolecular Hbond substituents is 1. The summed E-state index contributed by atoms with van der Waals surface area (Å²) in [5.74, 6) is -0.382. The molecule has 1 aromatic heterocycles. The van der Waals surface area contributed by atoms with Gasteiger partial charge in [0.2, 0.25) is 5.56 Å². The number of rotatable bonds is 0. The molecule has 0 aliphatic heterocycles. The number of halogens is 3. The highest BCUT2D eigenvalue weighted by molar-refractivity contribution is 5.87. The van der Waals surface area contributed by atoms with Crippen molar-refractivity contribution in [1.82, 2.24) is 4.98 Å². The van der Waals surface area contributed by atoms with Gasteiger partial charge >= 0.3 is 6.18 Å². The SMILES string of the molecule is Nc1cc2c(C(F)(F)F)cc(=O)[nH]c2cc1O. The van der Waals surface area contributed by atoms with Gasteiger partial charge in [0.25, 0.3) is 0 Å². The number of H-pyrrole nitrogens is 1. The molecule has 2 rings (SSSR count). The Morgan fingerprint density at radius 3 is 2.47 bits per heavy atom. The summed E-state index contributed by atoms with van der Waals surface area (Å²) in [5.41, 5.74) is 3.05. The Labute approximate surface area is 92.5 Å². The number of alkyl halides is 3. The van der Waals surface area contributed by atoms with Crippen LogP contribution >= 0.6 is 0 Å². The van der Waals surface area contributed by atoms with Crippen LogP contribution in [0.4, 0.5) is 18.9 Å². The molecule has 0 spiro atoms. The summed E-state index contributed by atoms with van der Waals surface area (Å²) in [6.45, 7) is 0. The van der Waals surface area contributed by atoms with Crippen LogP contribution in [0.25, 0.3) is 10.9 Å². The molecule has 0 aliphatic carbocycles. The van der Waals surface area contributed by atoms with Crippen molar-refractivity contribution in [2.24, 2.45) is 0 Å². The lowest BCUT2D eigenvalue weighted by Crippen LogP contribution is -2.14. The predicted octanol–water partition coefficient (Wildman–Crippen LogP) is 1.83. The minimum Gasteiger partial charge on any atom is -0.506 e. The predicted molar refractivity (Wildman–Crippen MR) is 55.6 cm³/mol. The number of aromatic nitrogens is 1. The van der Waals surface area contributed by atoms with E-state index >= 15 is 0 Å². The number of phenols is 1. The molecular weight excluding hydrogens is 237 g/mol. The first-order chi connectivity index (χ1) is 7.79. The van der Waals surface area contributed by atoms with Crippen molar-refractivity contribution in [2.75, 3.05) is 5.73 Å². The molecule has 0 unspecified atom stereocenters. The van der Waals surface area contributed by atoms with Crippen molar-refractivity contribution >= 4 is 16.6 Å². The first-order valence-electron chi connectivity index (χ1n) is 4.52. The number of benzene rings is 1. The summed E-state index contributed by atoms with van der Waals surface area (Å²) in [6, 6.07) is 2.42. The van der Waals surface area contributed by atoms with Gasteiger partial charge in [-0.2, -0.15) is 13.2 Å². The van der Waals surface area contributed by atoms with Crippen LogP contribution in [0.15, 0.2) is 23.0 Å². The molecule has 7 heteroatoms. The molecule has 4 nitrogen and oxygen atoms in total. The summed E-state index contributed by atoms with van der Waals surface area (Å²) >= 11 is 0. The molecular formula is C10H7F3N2O2. The van der Waals surface area contributed by atoms with E-state index in [1.54, 1.807) is 0 Å². The third-order valence-corrected chi connectivity index (χ3v) is 2.30. The van der Waals surface area contributed by atoms with Crippen LogP contribution in [0, 0.1) is 0 Å². The number of aromatic hydroxyl groups is 1. The maximum Gasteiger partial charge on any atom is 0.417 e. The van der Waals surface area contributed by atoms with Crippen molar-refractivity contribution in [2.45, 2.75) is 6.18 Å². The number of anilines is 1. The number of nitrogens with two attached hydrogens (primary N) is 1. The number of pyridine rings is 1. The van der Waals surface area contributed by atoms with E-state index in [4.69, 9.17) is 5.73 Å². The second-order valence-electron chi connectivity index (χ2n) is 3.50. The first-order valence-corrected chi connectivity index (χ1v) is 4.52. The molecule has 90 valence electrons. The van der Waals surface area contributed by atoms with E-state index in [-0.39, 0.29) is 22.3 Å². The first kappa shape index (κ1) is 11.3. The van der Waals surface area contributed by atoms with Gasteiger partial charge in [-0.3, -0.25) is 4.79 Å². The van der Waals surface area contributed by atoms with E-state index in [0.717, 1.165) is 12.1 Å². The molecule has 0 aliphatic rings. The van der Waals surface area contributed by atoms with Gasteiger partial charge in [0.15, 0.2) is 0 Å². The van der Waals surface area contributed by atoms with Crippen LogP contribution in [0.1, 0.15) is 5.56 Å². The van der Waals surface area contributed by atoms with Gasteiger partial charge in [-0.25, -0.2) is 0 Å². The molecule has 0 amide bonds. The lowest BCUT2D eigenvalue weighted by atomic mass is 10.1. The number of hydrogen-bond donors (Lipinski definition) is 3. The summed E-state index contributed by atoms with van der Waals surface area (Å²) in [4.78, 5) is 13.3. The van der Waals surface area contributed by atoms with Crippen molar-refractivity contribution in [1.29, 1.82) is 0 Å². The smallest absolute Gasteiger partial charge is 0.417 e. The maximum absolute atomic E-state index is 12.7. The Morgan fingerprint density at radius 2 is 1.88 bits per heavy atom. The highest BCUT2D eigenvalue weighted by Gasteiger charge is 2.33. The quantitative estimate of drug-likeness (QED) is 0.488. The monoisotopic (exact) mass is 244 g/mol. The fourth-order valence-electron chi connectivity index (χ4n) is 1.54. The molecule has 0 saturated heterocycles. The molecule has 0 saturated carbocycles. The average molecular weight is 244 g/mol. The summed E-state index contributed by atoms with van der Waals surface area (Å²) in [6.07, 6.45) is -4.66. The zero-order chi connectivity index (χ0) is 12.8. The summed E-state index contributed by atoms with van der Waals surface area (Å²) in [7, 11) is 0. The van der Waals surface area contributed by atoms with Gasteiger partial charge in [0.05, 0.1) is 16.8 Å². The third-order valence-electron chi connectivity index (χ3n) is 2.30. The van der Waals surface area contributed by atoms with Crippen molar-refractivity contribution in [3.8, 4) is 5.75 Å². The molecule has 0 bridgehead atoms. The van der Waals surface area contributed by atoms with Gasteiger partial charge < -0.3 is 15.8 Å². The number of hydrogen-bond acceptors (Lipinski definition) is 3. The standard InChI is InChI=1S/C10H7F3N2O2/c11-10(12,13)5-2-9(17)15-7-3-8(16)6(14)1-4(5)7/h1-3,16H,14H2,(H,15,17). The van der Waals surface area contributed by atoms with E-state index in [1.165, 1.54) is 0 Å². The van der Waals surface area contributed by atoms with Gasteiger partial charge in [0, 0.05) is 17.5 Å². The number of aromatic amines is 1. The topological polar surface area (TPSA) is 79.1 Å². The number of fused-ring (bicyclic) bond motifs is 1. The Morgan fingerprint density at radius 1 is 1.24 bits per heavy atom. The van der Waals surface area contributed by atoms with Crippen molar-refractivity contribution < 1.29 is 18.3 Å². The van der Waals surface area contributed by atoms with E-state index in [2.05, 4.69) is 4.98 Å². The molecule has 0 radical (unpaired) electrons. The van der Waals surface area contributed by atoms with Crippen LogP contribution in [0.3, 0.4) is 0 Å². The molecule has 17 heavy (non-hydrogen) atoms. The minimum atomic E-state index is -4.66. The van der Waals surface area contributed by atoms with E-state index in [9.17, 15) is 23.1 Å². The van der Waals surface area contributed by atoms with Gasteiger partial charge in [-0.15, -0.1) is 0 Å². The summed E-state index contributed by atoms with van der Waals surface area (Å²) in [5, 5.41) is 9.02. The Balaban J connectivity index is 2.93. The highest BCUT2D eigenvalue weighted by Crippen LogP contribution is 2.35. The van der Waals surface area contributed by atoms with Gasteiger partial charge in [-0.05, 0) is 6.07 Å². The molecule has 0 fully saturated rings. The zero-order valence-electron chi connectivity index (χ0n) is 8.30. The van der Waals surface area contributed by atoms with Crippen LogP contribution in [0.5, 0.6) is 5.75 Å². The number of nitrogens with one attached hydrogen (secondary N) is 1. The normalized spacial score (nSPS) is 11.9. The molecule has 0 atom stereocenters. The van der Waals surface area contributed by atoms with Crippen LogP contribution in [-0.4, -0.2) is 10.1 Å². The highest BCUT2D eigenvalue weighted by atomic mass is 19.4. The van der Waals surface area contributed by atoms with Crippen molar-refractivity contribution in [3.63, 3.8) is 0 Å². The lowest BCUT2D eigenvalue weighted by Gasteiger charge is -2.10. The molecule has 2 aromatic rings. The molecule has 4 N–H and O–H groups in total. The van der Waals surface area contributed by atoms with Crippen molar-refractivity contribution in [3.05, 3.63) is 34.1 Å². The third kappa shape index (κ3) is 1.91. The van der Waals surface area contributed by atoms with Crippen LogP contribution in [-0.2, 0) is 6.18 Å². The fourth-order valence-corrected chi connectivity index (χ4v) is 1.54. The van der Waals surface area contributed by atoms with Gasteiger partial charge in [0.1, 0.15) is 5.75 Å². The van der Waals surface area contributed by atoms with Crippen LogP contribution < -0.4 is 11.3 Å². The van der Waals surface area contributed by atoms with E-state index < -0.39 is 17.3 Å².